The number of rotatable bonds is 4. The maximum Gasteiger partial charge on any atom is 0.211 e. The van der Waals surface area contributed by atoms with Crippen molar-refractivity contribution in [2.75, 3.05) is 49.2 Å². The molecule has 38 heavy (non-hydrogen) atoms. The van der Waals surface area contributed by atoms with Crippen LogP contribution in [-0.4, -0.2) is 63.7 Å². The average molecular weight is 549 g/mol. The van der Waals surface area contributed by atoms with E-state index in [0.29, 0.717) is 18.2 Å². The summed E-state index contributed by atoms with van der Waals surface area (Å²) < 4.78 is 7.57. The molecule has 4 aromatic rings. The van der Waals surface area contributed by atoms with Crippen molar-refractivity contribution in [2.45, 2.75) is 35.1 Å². The molecule has 1 aliphatic carbocycles. The molecule has 7 rings (SSSR count). The predicted molar refractivity (Wildman–Crippen MR) is 148 cm³/mol. The molecular weight excluding hydrogens is 520 g/mol. The molecule has 2 saturated heterocycles. The normalized spacial score (nSPS) is 20.8. The minimum atomic E-state index is 0.0424. The Morgan fingerprint density at radius 2 is 1.79 bits per heavy atom. The third-order valence-corrected chi connectivity index (χ3v) is 9.77. The molecule has 2 N–H and O–H groups in total. The van der Waals surface area contributed by atoms with Crippen LogP contribution in [0.2, 0.25) is 5.02 Å². The lowest BCUT2D eigenvalue weighted by molar-refractivity contribution is 0.122. The summed E-state index contributed by atoms with van der Waals surface area (Å²) in [5, 5.41) is 0.651. The van der Waals surface area contributed by atoms with Crippen LogP contribution in [0.4, 0.5) is 11.8 Å². The Hall–Kier alpha value is -2.92. The fourth-order valence-corrected chi connectivity index (χ4v) is 7.33. The molecule has 0 aromatic carbocycles. The SMILES string of the molecule is NC1c2cccnc2CC12CCN(c1ncc(Sc3ccnc(N4CCOCC4)c3Cl)c3nccn13)CC2. The van der Waals surface area contributed by atoms with Gasteiger partial charge in [0.1, 0.15) is 5.82 Å². The molecule has 11 heteroatoms. The van der Waals surface area contributed by atoms with Crippen molar-refractivity contribution < 1.29 is 4.74 Å². The van der Waals surface area contributed by atoms with Crippen LogP contribution >= 0.6 is 23.4 Å². The Balaban J connectivity index is 1.12. The lowest BCUT2D eigenvalue weighted by Gasteiger charge is -2.42. The molecular formula is C27H29ClN8OS. The first-order valence-corrected chi connectivity index (χ1v) is 14.2. The van der Waals surface area contributed by atoms with E-state index in [2.05, 4.69) is 35.2 Å². The van der Waals surface area contributed by atoms with Crippen LogP contribution in [0.15, 0.2) is 59.0 Å². The van der Waals surface area contributed by atoms with E-state index in [4.69, 9.17) is 27.1 Å². The average Bonchev–Trinajstić information content (AvgIpc) is 3.55. The summed E-state index contributed by atoms with van der Waals surface area (Å²) in [6.07, 6.45) is 12.4. The summed E-state index contributed by atoms with van der Waals surface area (Å²) in [5.41, 5.74) is 10.1. The number of anilines is 2. The second kappa shape index (κ2) is 9.68. The lowest BCUT2D eigenvalue weighted by Crippen LogP contribution is -2.45. The van der Waals surface area contributed by atoms with Crippen molar-refractivity contribution in [2.24, 2.45) is 11.1 Å². The molecule has 0 radical (unpaired) electrons. The first-order valence-electron chi connectivity index (χ1n) is 13.0. The largest absolute Gasteiger partial charge is 0.378 e. The zero-order valence-electron chi connectivity index (χ0n) is 21.0. The van der Waals surface area contributed by atoms with Crippen LogP contribution in [0.5, 0.6) is 0 Å². The van der Waals surface area contributed by atoms with Crippen molar-refractivity contribution in [1.82, 2.24) is 24.3 Å². The van der Waals surface area contributed by atoms with Crippen LogP contribution < -0.4 is 15.5 Å². The molecule has 1 spiro atoms. The van der Waals surface area contributed by atoms with Crippen LogP contribution in [0.3, 0.4) is 0 Å². The van der Waals surface area contributed by atoms with Gasteiger partial charge < -0.3 is 20.3 Å². The van der Waals surface area contributed by atoms with E-state index in [-0.39, 0.29) is 11.5 Å². The number of hydrogen-bond donors (Lipinski definition) is 1. The van der Waals surface area contributed by atoms with Crippen molar-refractivity contribution in [3.05, 3.63) is 65.5 Å². The minimum absolute atomic E-state index is 0.0424. The van der Waals surface area contributed by atoms with E-state index in [1.807, 2.05) is 43.1 Å². The second-order valence-electron chi connectivity index (χ2n) is 10.2. The Kier molecular flexibility index (Phi) is 6.15. The van der Waals surface area contributed by atoms with E-state index in [1.165, 1.54) is 5.56 Å². The van der Waals surface area contributed by atoms with Crippen molar-refractivity contribution in [3.8, 4) is 0 Å². The summed E-state index contributed by atoms with van der Waals surface area (Å²) in [4.78, 5) is 25.2. The number of fused-ring (bicyclic) bond motifs is 2. The molecule has 9 nitrogen and oxygen atoms in total. The number of halogens is 1. The lowest BCUT2D eigenvalue weighted by atomic mass is 9.73. The first kappa shape index (κ1) is 24.1. The number of imidazole rings is 1. The number of aromatic nitrogens is 5. The van der Waals surface area contributed by atoms with Gasteiger partial charge in [-0.25, -0.2) is 15.0 Å². The van der Waals surface area contributed by atoms with Crippen molar-refractivity contribution in [1.29, 1.82) is 0 Å². The van der Waals surface area contributed by atoms with Crippen molar-refractivity contribution >= 4 is 40.8 Å². The molecule has 3 aliphatic rings. The predicted octanol–water partition coefficient (Wildman–Crippen LogP) is 4.00. The molecule has 4 aromatic heterocycles. The zero-order chi connectivity index (χ0) is 25.7. The minimum Gasteiger partial charge on any atom is -0.378 e. The second-order valence-corrected chi connectivity index (χ2v) is 11.7. The van der Waals surface area contributed by atoms with Gasteiger partial charge in [-0.05, 0) is 42.4 Å². The van der Waals surface area contributed by atoms with E-state index in [9.17, 15) is 0 Å². The Morgan fingerprint density at radius 3 is 2.61 bits per heavy atom. The summed E-state index contributed by atoms with van der Waals surface area (Å²) in [6.45, 7) is 4.73. The fraction of sp³-hybridized carbons (Fsp3) is 0.407. The van der Waals surface area contributed by atoms with E-state index in [0.717, 1.165) is 78.3 Å². The van der Waals surface area contributed by atoms with Gasteiger partial charge in [-0.3, -0.25) is 9.38 Å². The van der Waals surface area contributed by atoms with E-state index in [1.54, 1.807) is 11.8 Å². The van der Waals surface area contributed by atoms with Crippen LogP contribution in [-0.2, 0) is 11.2 Å². The van der Waals surface area contributed by atoms with E-state index >= 15 is 0 Å². The molecule has 0 bridgehead atoms. The summed E-state index contributed by atoms with van der Waals surface area (Å²) >= 11 is 8.41. The van der Waals surface area contributed by atoms with Gasteiger partial charge >= 0.3 is 0 Å². The Labute approximate surface area is 230 Å². The fourth-order valence-electron chi connectivity index (χ4n) is 6.09. The maximum atomic E-state index is 6.84. The van der Waals surface area contributed by atoms with Crippen LogP contribution in [0, 0.1) is 5.41 Å². The molecule has 1 unspecified atom stereocenters. The van der Waals surface area contributed by atoms with E-state index < -0.39 is 0 Å². The van der Waals surface area contributed by atoms with Gasteiger partial charge in [0.05, 0.1) is 23.1 Å². The monoisotopic (exact) mass is 548 g/mol. The highest BCUT2D eigenvalue weighted by molar-refractivity contribution is 7.99. The molecule has 2 aliphatic heterocycles. The van der Waals surface area contributed by atoms with Gasteiger partial charge in [0.15, 0.2) is 5.65 Å². The highest BCUT2D eigenvalue weighted by Crippen LogP contribution is 2.50. The van der Waals surface area contributed by atoms with Crippen molar-refractivity contribution in [3.63, 3.8) is 0 Å². The molecule has 196 valence electrons. The third-order valence-electron chi connectivity index (χ3n) is 8.22. The smallest absolute Gasteiger partial charge is 0.211 e. The van der Waals surface area contributed by atoms with Crippen LogP contribution in [0.25, 0.3) is 5.65 Å². The summed E-state index contributed by atoms with van der Waals surface area (Å²) in [6, 6.07) is 6.13. The number of pyridine rings is 2. The summed E-state index contributed by atoms with van der Waals surface area (Å²) in [5.74, 6) is 1.71. The number of nitrogens with two attached hydrogens (primary N) is 1. The van der Waals surface area contributed by atoms with Gasteiger partial charge in [-0.2, -0.15) is 0 Å². The molecule has 0 amide bonds. The topological polar surface area (TPSA) is 97.7 Å². The molecule has 6 heterocycles. The number of hydrogen-bond acceptors (Lipinski definition) is 9. The zero-order valence-corrected chi connectivity index (χ0v) is 22.5. The van der Waals surface area contributed by atoms with Gasteiger partial charge in [-0.15, -0.1) is 0 Å². The summed E-state index contributed by atoms with van der Waals surface area (Å²) in [7, 11) is 0. The standard InChI is InChI=1S/C27H29ClN8OS/c28-22-20(3-7-31-25(22)34-12-14-37-15-13-34)38-21-17-33-26(36-11-8-32-24(21)36)35-9-4-27(5-10-35)16-19-18(23(27)29)2-1-6-30-19/h1-3,6-8,11,17,23H,4-5,9-10,12-16,29H2. The quantitative estimate of drug-likeness (QED) is 0.405. The molecule has 1 atom stereocenters. The van der Waals surface area contributed by atoms with Gasteiger partial charge in [0.2, 0.25) is 5.95 Å². The maximum absolute atomic E-state index is 6.84. The Morgan fingerprint density at radius 1 is 0.947 bits per heavy atom. The number of morpholine rings is 1. The number of nitrogens with zero attached hydrogens (tertiary/aromatic N) is 7. The first-order chi connectivity index (χ1) is 18.6. The number of piperidine rings is 1. The molecule has 0 saturated carbocycles. The Bertz CT molecular complexity index is 1480. The third kappa shape index (κ3) is 4.02. The van der Waals surface area contributed by atoms with Gasteiger partial charge in [-0.1, -0.05) is 29.4 Å². The van der Waals surface area contributed by atoms with Gasteiger partial charge in [0, 0.05) is 73.8 Å². The van der Waals surface area contributed by atoms with Gasteiger partial charge in [0.25, 0.3) is 0 Å². The highest BCUT2D eigenvalue weighted by Gasteiger charge is 2.46. The molecule has 2 fully saturated rings. The van der Waals surface area contributed by atoms with Crippen LogP contribution in [0.1, 0.15) is 30.1 Å². The number of ether oxygens (including phenoxy) is 1. The highest BCUT2D eigenvalue weighted by atomic mass is 35.5.